The molecule has 4 atom stereocenters. The fourth-order valence-electron chi connectivity index (χ4n) is 4.71. The Kier molecular flexibility index (Phi) is 7.32. The number of aliphatic carboxylic acids is 1. The van der Waals surface area contributed by atoms with Crippen molar-refractivity contribution in [3.63, 3.8) is 0 Å². The van der Waals surface area contributed by atoms with Crippen molar-refractivity contribution >= 4 is 17.9 Å². The monoisotopic (exact) mass is 435 g/mol. The zero-order chi connectivity index (χ0) is 22.4. The van der Waals surface area contributed by atoms with Crippen LogP contribution in [0.4, 0.5) is 9.18 Å². The minimum atomic E-state index is -1.44. The SMILES string of the molecule is N/N=C(/CCC1(F)CCC2CN(C(=O)OCc3ccccc3)C(C(=O)O)CC2C1)NN. The lowest BCUT2D eigenvalue weighted by molar-refractivity contribution is -0.147. The highest BCUT2D eigenvalue weighted by atomic mass is 19.1. The molecule has 1 aromatic carbocycles. The third kappa shape index (κ3) is 5.63. The Hall–Kier alpha value is -2.88. The summed E-state index contributed by atoms with van der Waals surface area (Å²) in [4.78, 5) is 25.8. The molecule has 0 spiro atoms. The highest BCUT2D eigenvalue weighted by molar-refractivity contribution is 5.81. The molecule has 1 saturated carbocycles. The summed E-state index contributed by atoms with van der Waals surface area (Å²) in [5.41, 5.74) is 1.74. The molecule has 1 aliphatic carbocycles. The smallest absolute Gasteiger partial charge is 0.410 e. The molecule has 31 heavy (non-hydrogen) atoms. The Labute approximate surface area is 180 Å². The number of carboxylic acid groups (broad SMARTS) is 1. The number of nitrogens with zero attached hydrogens (tertiary/aromatic N) is 2. The Morgan fingerprint density at radius 2 is 2.06 bits per heavy atom. The quantitative estimate of drug-likeness (QED) is 0.232. The number of likely N-dealkylation sites (tertiary alicyclic amines) is 1. The number of hydrazone groups is 1. The molecule has 1 aliphatic heterocycles. The van der Waals surface area contributed by atoms with Crippen molar-refractivity contribution in [2.45, 2.75) is 56.8 Å². The molecule has 10 heteroatoms. The number of carbonyl (C=O) groups is 2. The van der Waals surface area contributed by atoms with Gasteiger partial charge in [0, 0.05) is 13.0 Å². The van der Waals surface area contributed by atoms with Crippen LogP contribution in [0.3, 0.4) is 0 Å². The van der Waals surface area contributed by atoms with Gasteiger partial charge >= 0.3 is 12.1 Å². The number of amidine groups is 1. The Morgan fingerprint density at radius 3 is 2.71 bits per heavy atom. The van der Waals surface area contributed by atoms with E-state index in [0.717, 1.165) is 5.56 Å². The number of amides is 1. The molecule has 2 aliphatic rings. The molecule has 2 fully saturated rings. The van der Waals surface area contributed by atoms with Crippen LogP contribution < -0.4 is 17.1 Å². The lowest BCUT2D eigenvalue weighted by Gasteiger charge is -2.47. The van der Waals surface area contributed by atoms with Crippen LogP contribution in [0.2, 0.25) is 0 Å². The van der Waals surface area contributed by atoms with Gasteiger partial charge in [0.2, 0.25) is 0 Å². The number of hydrogen-bond acceptors (Lipinski definition) is 6. The van der Waals surface area contributed by atoms with E-state index in [-0.39, 0.29) is 50.7 Å². The molecule has 9 nitrogen and oxygen atoms in total. The van der Waals surface area contributed by atoms with E-state index >= 15 is 4.39 Å². The van der Waals surface area contributed by atoms with Gasteiger partial charge in [-0.15, -0.1) is 0 Å². The minimum absolute atomic E-state index is 0.0408. The van der Waals surface area contributed by atoms with Crippen molar-refractivity contribution in [3.05, 3.63) is 35.9 Å². The normalized spacial score (nSPS) is 28.5. The van der Waals surface area contributed by atoms with Crippen LogP contribution >= 0.6 is 0 Å². The van der Waals surface area contributed by atoms with Crippen molar-refractivity contribution in [2.24, 2.45) is 28.6 Å². The lowest BCUT2D eigenvalue weighted by atomic mass is 9.67. The molecule has 1 aromatic rings. The van der Waals surface area contributed by atoms with E-state index in [1.165, 1.54) is 4.90 Å². The second-order valence-corrected chi connectivity index (χ2v) is 8.42. The topological polar surface area (TPSA) is 143 Å². The molecule has 1 heterocycles. The number of carboxylic acids is 1. The molecular weight excluding hydrogens is 405 g/mol. The highest BCUT2D eigenvalue weighted by Gasteiger charge is 2.48. The van der Waals surface area contributed by atoms with Crippen LogP contribution in [0.25, 0.3) is 0 Å². The van der Waals surface area contributed by atoms with Crippen LogP contribution in [-0.4, -0.2) is 46.2 Å². The number of benzene rings is 1. The highest BCUT2D eigenvalue weighted by Crippen LogP contribution is 2.46. The molecule has 6 N–H and O–H groups in total. The maximum atomic E-state index is 15.5. The predicted molar refractivity (Wildman–Crippen MR) is 112 cm³/mol. The second-order valence-electron chi connectivity index (χ2n) is 8.42. The predicted octanol–water partition coefficient (Wildman–Crippen LogP) is 2.12. The summed E-state index contributed by atoms with van der Waals surface area (Å²) >= 11 is 0. The summed E-state index contributed by atoms with van der Waals surface area (Å²) in [6.07, 6.45) is 1.20. The molecule has 0 aromatic heterocycles. The summed E-state index contributed by atoms with van der Waals surface area (Å²) in [5.74, 6) is 9.65. The van der Waals surface area contributed by atoms with Crippen LogP contribution in [-0.2, 0) is 16.1 Å². The number of hydrogen-bond donors (Lipinski definition) is 4. The third-order valence-corrected chi connectivity index (χ3v) is 6.45. The van der Waals surface area contributed by atoms with E-state index < -0.39 is 23.8 Å². The van der Waals surface area contributed by atoms with Gasteiger partial charge in [0.25, 0.3) is 0 Å². The van der Waals surface area contributed by atoms with Gasteiger partial charge in [-0.2, -0.15) is 5.10 Å². The summed E-state index contributed by atoms with van der Waals surface area (Å²) in [6, 6.07) is 8.17. The third-order valence-electron chi connectivity index (χ3n) is 6.45. The van der Waals surface area contributed by atoms with Crippen LogP contribution in [0, 0.1) is 11.8 Å². The van der Waals surface area contributed by atoms with Gasteiger partial charge in [0.1, 0.15) is 24.2 Å². The summed E-state index contributed by atoms with van der Waals surface area (Å²) in [6.45, 7) is 0.329. The van der Waals surface area contributed by atoms with Crippen LogP contribution in [0.1, 0.15) is 44.1 Å². The maximum Gasteiger partial charge on any atom is 0.410 e. The number of nitrogens with one attached hydrogen (secondary N) is 1. The molecule has 170 valence electrons. The number of rotatable bonds is 6. The van der Waals surface area contributed by atoms with E-state index in [4.69, 9.17) is 16.4 Å². The number of halogens is 1. The molecule has 1 saturated heterocycles. The van der Waals surface area contributed by atoms with Gasteiger partial charge in [-0.3, -0.25) is 4.90 Å². The first-order valence-electron chi connectivity index (χ1n) is 10.5. The van der Waals surface area contributed by atoms with Crippen LogP contribution in [0.15, 0.2) is 35.4 Å². The summed E-state index contributed by atoms with van der Waals surface area (Å²) in [7, 11) is 0. The average molecular weight is 436 g/mol. The van der Waals surface area contributed by atoms with E-state index in [1.807, 2.05) is 30.3 Å². The van der Waals surface area contributed by atoms with Gasteiger partial charge in [0.05, 0.1) is 0 Å². The van der Waals surface area contributed by atoms with E-state index in [0.29, 0.717) is 18.7 Å². The molecule has 0 bridgehead atoms. The zero-order valence-corrected chi connectivity index (χ0v) is 17.4. The van der Waals surface area contributed by atoms with Gasteiger partial charge in [-0.05, 0) is 49.5 Å². The first-order valence-corrected chi connectivity index (χ1v) is 10.5. The number of alkyl halides is 1. The fourth-order valence-corrected chi connectivity index (χ4v) is 4.71. The van der Waals surface area contributed by atoms with E-state index in [9.17, 15) is 14.7 Å². The Bertz CT molecular complexity index is 808. The van der Waals surface area contributed by atoms with Gasteiger partial charge in [-0.25, -0.2) is 19.8 Å². The standard InChI is InChI=1S/C21H30FN5O4/c22-21(9-7-18(25-23)26-24)8-6-15-12-27(17(19(28)29)10-16(15)11-21)20(30)31-13-14-4-2-1-3-5-14/h1-5,15-17H,6-13,23-24H2,(H,25,26)(H,28,29). The van der Waals surface area contributed by atoms with E-state index in [1.54, 1.807) is 0 Å². The molecule has 1 amide bonds. The first kappa shape index (κ1) is 22.8. The van der Waals surface area contributed by atoms with Crippen molar-refractivity contribution < 1.29 is 23.8 Å². The largest absolute Gasteiger partial charge is 0.480 e. The van der Waals surface area contributed by atoms with E-state index in [2.05, 4.69) is 10.5 Å². The lowest BCUT2D eigenvalue weighted by Crippen LogP contribution is -2.56. The number of carbonyl (C=O) groups excluding carboxylic acids is 1. The first-order chi connectivity index (χ1) is 14.8. The second kappa shape index (κ2) is 9.95. The fraction of sp³-hybridized carbons (Fsp3) is 0.571. The molecule has 0 radical (unpaired) electrons. The molecular formula is C21H30FN5O4. The van der Waals surface area contributed by atoms with Crippen molar-refractivity contribution in [3.8, 4) is 0 Å². The number of fused-ring (bicyclic) bond motifs is 1. The molecule has 3 rings (SSSR count). The summed E-state index contributed by atoms with van der Waals surface area (Å²) in [5, 5.41) is 13.2. The maximum absolute atomic E-state index is 15.5. The zero-order valence-electron chi connectivity index (χ0n) is 17.4. The number of nitrogens with two attached hydrogens (primary N) is 2. The van der Waals surface area contributed by atoms with Gasteiger partial charge < -0.3 is 21.1 Å². The molecule has 4 unspecified atom stereocenters. The Balaban J connectivity index is 1.62. The number of ether oxygens (including phenoxy) is 1. The minimum Gasteiger partial charge on any atom is -0.480 e. The summed E-state index contributed by atoms with van der Waals surface area (Å²) < 4.78 is 20.8. The Morgan fingerprint density at radius 1 is 1.32 bits per heavy atom. The van der Waals surface area contributed by atoms with Crippen molar-refractivity contribution in [2.75, 3.05) is 6.54 Å². The van der Waals surface area contributed by atoms with Gasteiger partial charge in [-0.1, -0.05) is 30.3 Å². The van der Waals surface area contributed by atoms with Crippen molar-refractivity contribution in [1.29, 1.82) is 0 Å². The van der Waals surface area contributed by atoms with Gasteiger partial charge in [0.15, 0.2) is 0 Å². The number of hydrazine groups is 1. The number of piperidine rings is 1. The van der Waals surface area contributed by atoms with Crippen LogP contribution in [0.5, 0.6) is 0 Å². The average Bonchev–Trinajstić information content (AvgIpc) is 2.78. The van der Waals surface area contributed by atoms with Crippen molar-refractivity contribution in [1.82, 2.24) is 10.3 Å².